The zero-order chi connectivity index (χ0) is 14.8. The van der Waals surface area contributed by atoms with Gasteiger partial charge in [0, 0.05) is 25.7 Å². The van der Waals surface area contributed by atoms with Crippen molar-refractivity contribution in [3.63, 3.8) is 0 Å². The first-order chi connectivity index (χ1) is 9.67. The van der Waals surface area contributed by atoms with Gasteiger partial charge in [-0.3, -0.25) is 4.99 Å². The molecule has 0 unspecified atom stereocenters. The molecule has 0 aliphatic carbocycles. The SMILES string of the molecule is CCCCCN=C(N)NC1CCN(C(=O)OCC)CC1.I. The van der Waals surface area contributed by atoms with Gasteiger partial charge in [0.2, 0.25) is 0 Å². The normalized spacial score (nSPS) is 16.3. The van der Waals surface area contributed by atoms with E-state index in [0.717, 1.165) is 25.8 Å². The minimum Gasteiger partial charge on any atom is -0.450 e. The van der Waals surface area contributed by atoms with Crippen LogP contribution in [0.2, 0.25) is 0 Å². The number of guanidine groups is 1. The van der Waals surface area contributed by atoms with Crippen LogP contribution in [-0.2, 0) is 4.74 Å². The highest BCUT2D eigenvalue weighted by atomic mass is 127. The average Bonchev–Trinajstić information content (AvgIpc) is 2.45. The second kappa shape index (κ2) is 11.9. The van der Waals surface area contributed by atoms with Gasteiger partial charge < -0.3 is 20.7 Å². The molecule has 1 fully saturated rings. The number of likely N-dealkylation sites (tertiary alicyclic amines) is 1. The molecule has 21 heavy (non-hydrogen) atoms. The fourth-order valence-electron chi connectivity index (χ4n) is 2.24. The Labute approximate surface area is 144 Å². The first-order valence-corrected chi connectivity index (χ1v) is 7.65. The van der Waals surface area contributed by atoms with E-state index in [-0.39, 0.29) is 30.1 Å². The molecule has 0 aromatic carbocycles. The molecule has 0 radical (unpaired) electrons. The molecule has 1 aliphatic heterocycles. The van der Waals surface area contributed by atoms with Crippen LogP contribution in [-0.4, -0.2) is 49.2 Å². The predicted molar refractivity (Wildman–Crippen MR) is 96.2 cm³/mol. The fraction of sp³-hybridized carbons (Fsp3) is 0.857. The van der Waals surface area contributed by atoms with Crippen molar-refractivity contribution >= 4 is 36.0 Å². The monoisotopic (exact) mass is 412 g/mol. The van der Waals surface area contributed by atoms with Crippen molar-refractivity contribution in [2.45, 2.75) is 52.0 Å². The van der Waals surface area contributed by atoms with Gasteiger partial charge in [-0.05, 0) is 26.2 Å². The van der Waals surface area contributed by atoms with Crippen LogP contribution in [0.15, 0.2) is 4.99 Å². The van der Waals surface area contributed by atoms with E-state index < -0.39 is 0 Å². The van der Waals surface area contributed by atoms with Crippen LogP contribution in [0, 0.1) is 0 Å². The molecule has 0 aromatic heterocycles. The molecule has 0 spiro atoms. The van der Waals surface area contributed by atoms with Crippen molar-refractivity contribution in [2.24, 2.45) is 10.7 Å². The lowest BCUT2D eigenvalue weighted by molar-refractivity contribution is 0.0963. The Morgan fingerprint density at radius 3 is 2.57 bits per heavy atom. The number of hydrogen-bond donors (Lipinski definition) is 2. The van der Waals surface area contributed by atoms with Crippen LogP contribution in [0.1, 0.15) is 46.0 Å². The van der Waals surface area contributed by atoms with E-state index in [1.807, 2.05) is 6.92 Å². The summed E-state index contributed by atoms with van der Waals surface area (Å²) in [6.45, 7) is 6.62. The van der Waals surface area contributed by atoms with Crippen molar-refractivity contribution in [3.05, 3.63) is 0 Å². The largest absolute Gasteiger partial charge is 0.450 e. The summed E-state index contributed by atoms with van der Waals surface area (Å²) in [5, 5.41) is 3.24. The highest BCUT2D eigenvalue weighted by molar-refractivity contribution is 14.0. The zero-order valence-corrected chi connectivity index (χ0v) is 15.5. The number of hydrogen-bond acceptors (Lipinski definition) is 3. The minimum atomic E-state index is -0.216. The summed E-state index contributed by atoms with van der Waals surface area (Å²) < 4.78 is 4.99. The molecule has 0 saturated carbocycles. The first kappa shape index (κ1) is 20.3. The highest BCUT2D eigenvalue weighted by Gasteiger charge is 2.23. The second-order valence-corrected chi connectivity index (χ2v) is 5.08. The van der Waals surface area contributed by atoms with E-state index in [1.54, 1.807) is 4.90 Å². The molecule has 0 atom stereocenters. The maximum absolute atomic E-state index is 11.6. The Morgan fingerprint density at radius 1 is 1.33 bits per heavy atom. The molecule has 0 aromatic rings. The quantitative estimate of drug-likeness (QED) is 0.304. The number of piperidine rings is 1. The molecule has 0 bridgehead atoms. The highest BCUT2D eigenvalue weighted by Crippen LogP contribution is 2.11. The first-order valence-electron chi connectivity index (χ1n) is 7.65. The van der Waals surface area contributed by atoms with Crippen molar-refractivity contribution < 1.29 is 9.53 Å². The number of unbranched alkanes of at least 4 members (excludes halogenated alkanes) is 2. The van der Waals surface area contributed by atoms with Crippen LogP contribution in [0.25, 0.3) is 0 Å². The molecule has 1 heterocycles. The van der Waals surface area contributed by atoms with Gasteiger partial charge in [-0.25, -0.2) is 4.79 Å². The van der Waals surface area contributed by atoms with E-state index in [4.69, 9.17) is 10.5 Å². The Hall–Kier alpha value is -0.730. The Morgan fingerprint density at radius 2 is 2.00 bits per heavy atom. The van der Waals surface area contributed by atoms with Crippen LogP contribution in [0.5, 0.6) is 0 Å². The Balaban J connectivity index is 0.00000400. The third-order valence-corrected chi connectivity index (χ3v) is 3.42. The molecular weight excluding hydrogens is 383 g/mol. The van der Waals surface area contributed by atoms with E-state index in [0.29, 0.717) is 31.7 Å². The average molecular weight is 412 g/mol. The summed E-state index contributed by atoms with van der Waals surface area (Å²) in [5.74, 6) is 0.524. The lowest BCUT2D eigenvalue weighted by atomic mass is 10.1. The fourth-order valence-corrected chi connectivity index (χ4v) is 2.24. The molecule has 7 heteroatoms. The molecular formula is C14H29IN4O2. The lowest BCUT2D eigenvalue weighted by Crippen LogP contribution is -2.48. The van der Waals surface area contributed by atoms with Gasteiger partial charge in [0.25, 0.3) is 0 Å². The third kappa shape index (κ3) is 8.33. The molecule has 1 saturated heterocycles. The number of carbonyl (C=O) groups is 1. The number of rotatable bonds is 6. The smallest absolute Gasteiger partial charge is 0.409 e. The molecule has 3 N–H and O–H groups in total. The second-order valence-electron chi connectivity index (χ2n) is 5.08. The van der Waals surface area contributed by atoms with Crippen LogP contribution in [0.3, 0.4) is 0 Å². The summed E-state index contributed by atoms with van der Waals surface area (Å²) in [4.78, 5) is 17.6. The van der Waals surface area contributed by atoms with Gasteiger partial charge in [-0.2, -0.15) is 0 Å². The minimum absolute atomic E-state index is 0. The van der Waals surface area contributed by atoms with E-state index in [2.05, 4.69) is 17.2 Å². The number of amides is 1. The standard InChI is InChI=1S/C14H28N4O2.HI/c1-3-5-6-9-16-13(15)17-12-7-10-18(11-8-12)14(19)20-4-2;/h12H,3-11H2,1-2H3,(H3,15,16,17);1H. The summed E-state index contributed by atoms with van der Waals surface area (Å²) in [5.41, 5.74) is 5.86. The summed E-state index contributed by atoms with van der Waals surface area (Å²) in [6.07, 6.45) is 5.00. The maximum Gasteiger partial charge on any atom is 0.409 e. The maximum atomic E-state index is 11.6. The van der Waals surface area contributed by atoms with Crippen LogP contribution in [0.4, 0.5) is 4.79 Å². The van der Waals surface area contributed by atoms with Gasteiger partial charge in [0.05, 0.1) is 6.61 Å². The summed E-state index contributed by atoms with van der Waals surface area (Å²) >= 11 is 0. The Bertz CT molecular complexity index is 318. The Kier molecular flexibility index (Phi) is 11.5. The molecule has 1 amide bonds. The third-order valence-electron chi connectivity index (χ3n) is 3.42. The molecule has 1 aliphatic rings. The molecule has 124 valence electrons. The number of nitrogens with zero attached hydrogens (tertiary/aromatic N) is 2. The zero-order valence-electron chi connectivity index (χ0n) is 13.1. The van der Waals surface area contributed by atoms with Gasteiger partial charge in [0.15, 0.2) is 5.96 Å². The van der Waals surface area contributed by atoms with Crippen molar-refractivity contribution in [1.29, 1.82) is 0 Å². The number of nitrogens with two attached hydrogens (primary N) is 1. The topological polar surface area (TPSA) is 80.0 Å². The van der Waals surface area contributed by atoms with Gasteiger partial charge in [0.1, 0.15) is 0 Å². The molecule has 1 rings (SSSR count). The number of carbonyl (C=O) groups excluding carboxylic acids is 1. The molecule has 6 nitrogen and oxygen atoms in total. The summed E-state index contributed by atoms with van der Waals surface area (Å²) in [6, 6.07) is 0.301. The lowest BCUT2D eigenvalue weighted by Gasteiger charge is -2.31. The van der Waals surface area contributed by atoms with E-state index in [9.17, 15) is 4.79 Å². The van der Waals surface area contributed by atoms with E-state index in [1.165, 1.54) is 12.8 Å². The van der Waals surface area contributed by atoms with E-state index >= 15 is 0 Å². The number of aliphatic imine (C=N–C) groups is 1. The number of ether oxygens (including phenoxy) is 1. The number of nitrogens with one attached hydrogen (secondary N) is 1. The van der Waals surface area contributed by atoms with Crippen molar-refractivity contribution in [2.75, 3.05) is 26.2 Å². The van der Waals surface area contributed by atoms with Crippen LogP contribution >= 0.6 is 24.0 Å². The van der Waals surface area contributed by atoms with Gasteiger partial charge >= 0.3 is 6.09 Å². The van der Waals surface area contributed by atoms with Crippen molar-refractivity contribution in [3.8, 4) is 0 Å². The van der Waals surface area contributed by atoms with Crippen LogP contribution < -0.4 is 11.1 Å². The van der Waals surface area contributed by atoms with Gasteiger partial charge in [-0.15, -0.1) is 24.0 Å². The predicted octanol–water partition coefficient (Wildman–Crippen LogP) is 2.32. The summed E-state index contributed by atoms with van der Waals surface area (Å²) in [7, 11) is 0. The van der Waals surface area contributed by atoms with Crippen molar-refractivity contribution in [1.82, 2.24) is 10.2 Å². The van der Waals surface area contributed by atoms with Gasteiger partial charge in [-0.1, -0.05) is 19.8 Å². The number of halogens is 1.